The molecule has 2 atom stereocenters. The van der Waals surface area contributed by atoms with Gasteiger partial charge in [-0.1, -0.05) is 47.5 Å². The van der Waals surface area contributed by atoms with Gasteiger partial charge in [-0.25, -0.2) is 19.4 Å². The lowest BCUT2D eigenvalue weighted by atomic mass is 9.67. The molecule has 242 valence electrons. The average molecular weight is 679 g/mol. The molecular formula is C28H24Cl2N4O12. The minimum Gasteiger partial charge on any atom is -0.481 e. The third-order valence-corrected chi connectivity index (χ3v) is 7.63. The van der Waals surface area contributed by atoms with Crippen molar-refractivity contribution in [2.45, 2.75) is 36.8 Å². The first-order chi connectivity index (χ1) is 21.7. The fourth-order valence-corrected chi connectivity index (χ4v) is 5.21. The summed E-state index contributed by atoms with van der Waals surface area (Å²) in [7, 11) is 0. The van der Waals surface area contributed by atoms with E-state index >= 15 is 0 Å². The molecule has 4 rings (SSSR count). The molecule has 2 aliphatic rings. The monoisotopic (exact) mass is 678 g/mol. The molecule has 2 aromatic carbocycles. The van der Waals surface area contributed by atoms with Crippen LogP contribution in [0.2, 0.25) is 10.0 Å². The summed E-state index contributed by atoms with van der Waals surface area (Å²) in [5, 5.41) is 23.0. The van der Waals surface area contributed by atoms with Gasteiger partial charge in [0.2, 0.25) is 0 Å². The second kappa shape index (κ2) is 13.4. The van der Waals surface area contributed by atoms with E-state index < -0.39 is 98.0 Å². The molecule has 6 amide bonds. The summed E-state index contributed by atoms with van der Waals surface area (Å²) in [6.45, 7) is -1.97. The molecule has 2 heterocycles. The van der Waals surface area contributed by atoms with Crippen molar-refractivity contribution in [3.8, 4) is 0 Å². The van der Waals surface area contributed by atoms with Crippen LogP contribution in [0.1, 0.15) is 36.8 Å². The Hall–Kier alpha value is -5.22. The number of imide groups is 2. The summed E-state index contributed by atoms with van der Waals surface area (Å²) >= 11 is 12.2. The number of esters is 2. The lowest BCUT2D eigenvalue weighted by molar-refractivity contribution is -0.157. The number of urea groups is 2. The van der Waals surface area contributed by atoms with Crippen LogP contribution in [0, 0.1) is 0 Å². The van der Waals surface area contributed by atoms with Crippen molar-refractivity contribution in [2.24, 2.45) is 0 Å². The molecule has 2 saturated heterocycles. The Morgan fingerprint density at radius 1 is 0.609 bits per heavy atom. The first-order valence-electron chi connectivity index (χ1n) is 13.3. The topological polar surface area (TPSA) is 226 Å². The fraction of sp³-hybridized carbons (Fsp3) is 0.286. The Kier molecular flexibility index (Phi) is 9.82. The summed E-state index contributed by atoms with van der Waals surface area (Å²) < 4.78 is 9.96. The first kappa shape index (κ1) is 33.7. The summed E-state index contributed by atoms with van der Waals surface area (Å²) in [6.07, 6.45) is -2.29. The zero-order valence-electron chi connectivity index (χ0n) is 23.5. The summed E-state index contributed by atoms with van der Waals surface area (Å²) in [5.74, 6) is -7.00. The Morgan fingerprint density at radius 3 is 1.24 bits per heavy atom. The SMILES string of the molecule is O=C(O)CCC(=O)OCN1C(=O)NC(c2ccc(Cl)cc2)(C2(c3ccc(Cl)cc3)NC(=O)N(COC(=O)CCC(=O)O)C2=O)C1=O. The maximum Gasteiger partial charge on any atom is 0.328 e. The third-order valence-electron chi connectivity index (χ3n) is 7.12. The highest BCUT2D eigenvalue weighted by Gasteiger charge is 2.73. The van der Waals surface area contributed by atoms with Crippen molar-refractivity contribution in [1.82, 2.24) is 20.4 Å². The molecule has 0 saturated carbocycles. The minimum atomic E-state index is -2.50. The molecule has 0 aliphatic carbocycles. The predicted molar refractivity (Wildman–Crippen MR) is 153 cm³/mol. The van der Waals surface area contributed by atoms with Gasteiger partial charge in [-0.3, -0.25) is 28.8 Å². The number of hydrogen-bond acceptors (Lipinski definition) is 10. The molecule has 18 heteroatoms. The van der Waals surface area contributed by atoms with Crippen LogP contribution in [0.15, 0.2) is 48.5 Å². The van der Waals surface area contributed by atoms with Gasteiger partial charge in [0.15, 0.2) is 24.5 Å². The number of carbonyl (C=O) groups excluding carboxylic acids is 6. The van der Waals surface area contributed by atoms with Crippen molar-refractivity contribution in [1.29, 1.82) is 0 Å². The van der Waals surface area contributed by atoms with Crippen molar-refractivity contribution in [3.63, 3.8) is 0 Å². The summed E-state index contributed by atoms with van der Waals surface area (Å²) in [6, 6.07) is 8.36. The maximum absolute atomic E-state index is 14.4. The molecular weight excluding hydrogens is 655 g/mol. The van der Waals surface area contributed by atoms with Crippen LogP contribution in [0.3, 0.4) is 0 Å². The quantitative estimate of drug-likeness (QED) is 0.176. The van der Waals surface area contributed by atoms with Crippen LogP contribution < -0.4 is 10.6 Å². The Bertz CT molecular complexity index is 1500. The van der Waals surface area contributed by atoms with Gasteiger partial charge in [-0.15, -0.1) is 0 Å². The fourth-order valence-electron chi connectivity index (χ4n) is 4.95. The van der Waals surface area contributed by atoms with Crippen LogP contribution in [-0.2, 0) is 49.3 Å². The number of ether oxygens (including phenoxy) is 2. The first-order valence-corrected chi connectivity index (χ1v) is 14.0. The number of aliphatic carboxylic acids is 2. The van der Waals surface area contributed by atoms with E-state index in [2.05, 4.69) is 10.6 Å². The highest BCUT2D eigenvalue weighted by Crippen LogP contribution is 2.49. The number of rotatable bonds is 13. The van der Waals surface area contributed by atoms with E-state index in [4.69, 9.17) is 42.9 Å². The zero-order chi connectivity index (χ0) is 33.8. The van der Waals surface area contributed by atoms with Crippen molar-refractivity contribution < 1.29 is 58.0 Å². The maximum atomic E-state index is 14.4. The Balaban J connectivity index is 1.82. The van der Waals surface area contributed by atoms with Crippen LogP contribution in [-0.4, -0.2) is 81.2 Å². The van der Waals surface area contributed by atoms with Gasteiger partial charge in [0.05, 0.1) is 25.7 Å². The highest BCUT2D eigenvalue weighted by molar-refractivity contribution is 6.31. The number of carboxylic acid groups (broad SMARTS) is 2. The Morgan fingerprint density at radius 2 is 0.935 bits per heavy atom. The number of hydrogen-bond donors (Lipinski definition) is 4. The highest BCUT2D eigenvalue weighted by atomic mass is 35.5. The van der Waals surface area contributed by atoms with Gasteiger partial charge in [0.25, 0.3) is 11.8 Å². The van der Waals surface area contributed by atoms with Gasteiger partial charge >= 0.3 is 35.9 Å². The zero-order valence-corrected chi connectivity index (χ0v) is 25.0. The molecule has 0 radical (unpaired) electrons. The molecule has 2 unspecified atom stereocenters. The van der Waals surface area contributed by atoms with E-state index in [0.717, 1.165) is 0 Å². The second-order valence-corrected chi connectivity index (χ2v) is 10.8. The molecule has 16 nitrogen and oxygen atoms in total. The van der Waals surface area contributed by atoms with Crippen molar-refractivity contribution >= 4 is 71.0 Å². The van der Waals surface area contributed by atoms with Gasteiger partial charge in [0, 0.05) is 10.0 Å². The summed E-state index contributed by atoms with van der Waals surface area (Å²) in [4.78, 5) is 103. The number of benzene rings is 2. The summed E-state index contributed by atoms with van der Waals surface area (Å²) in [5.41, 5.74) is -5.10. The van der Waals surface area contributed by atoms with Gasteiger partial charge in [0.1, 0.15) is 0 Å². The van der Waals surface area contributed by atoms with Gasteiger partial charge < -0.3 is 30.3 Å². The number of nitrogens with one attached hydrogen (secondary N) is 2. The number of halogens is 2. The number of amides is 6. The lowest BCUT2D eigenvalue weighted by Gasteiger charge is -2.42. The molecule has 0 bridgehead atoms. The Labute approximate surface area is 269 Å². The van der Waals surface area contributed by atoms with E-state index in [1.807, 2.05) is 0 Å². The van der Waals surface area contributed by atoms with E-state index in [1.54, 1.807) is 0 Å². The van der Waals surface area contributed by atoms with Gasteiger partial charge in [-0.05, 0) is 35.4 Å². The normalized spacial score (nSPS) is 20.7. The molecule has 0 spiro atoms. The number of nitrogens with zero attached hydrogens (tertiary/aromatic N) is 2. The largest absolute Gasteiger partial charge is 0.481 e. The smallest absolute Gasteiger partial charge is 0.328 e. The molecule has 2 aliphatic heterocycles. The lowest BCUT2D eigenvalue weighted by Crippen LogP contribution is -2.68. The van der Waals surface area contributed by atoms with E-state index in [-0.39, 0.29) is 21.2 Å². The van der Waals surface area contributed by atoms with Crippen molar-refractivity contribution in [3.05, 3.63) is 69.7 Å². The van der Waals surface area contributed by atoms with Crippen LogP contribution in [0.25, 0.3) is 0 Å². The van der Waals surface area contributed by atoms with E-state index in [0.29, 0.717) is 9.80 Å². The molecule has 46 heavy (non-hydrogen) atoms. The standard InChI is InChI=1S/C28H24Cl2N4O12/c29-17-5-1-15(2-6-17)27(23(41)33(25(43)31-27)13-45-21(39)11-9-19(35)36)28(16-3-7-18(30)8-4-16)24(42)34(26(44)32-28)14-46-22(40)12-10-20(37)38/h1-8H,9-14H2,(H,31,43)(H,32,44)(H,35,36)(H,37,38). The number of carboxylic acids is 2. The number of carbonyl (C=O) groups is 8. The van der Waals surface area contributed by atoms with Crippen LogP contribution in [0.4, 0.5) is 9.59 Å². The minimum absolute atomic E-state index is 0.0566. The molecule has 2 aromatic rings. The predicted octanol–water partition coefficient (Wildman–Crippen LogP) is 1.92. The van der Waals surface area contributed by atoms with Crippen molar-refractivity contribution in [2.75, 3.05) is 13.5 Å². The second-order valence-electron chi connectivity index (χ2n) is 9.92. The van der Waals surface area contributed by atoms with E-state index in [1.165, 1.54) is 48.5 Å². The molecule has 0 aromatic heterocycles. The molecule has 4 N–H and O–H groups in total. The third kappa shape index (κ3) is 6.29. The van der Waals surface area contributed by atoms with Crippen LogP contribution in [0.5, 0.6) is 0 Å². The van der Waals surface area contributed by atoms with Crippen LogP contribution >= 0.6 is 23.2 Å². The van der Waals surface area contributed by atoms with E-state index in [9.17, 15) is 38.4 Å². The average Bonchev–Trinajstić information content (AvgIpc) is 3.42. The molecule has 2 fully saturated rings. The van der Waals surface area contributed by atoms with Gasteiger partial charge in [-0.2, -0.15) is 0 Å².